The van der Waals surface area contributed by atoms with Gasteiger partial charge in [-0.05, 0) is 42.7 Å². The first-order chi connectivity index (χ1) is 12.6. The van der Waals surface area contributed by atoms with Crippen LogP contribution in [0.15, 0.2) is 84.9 Å². The maximum Gasteiger partial charge on any atom is 0.252 e. The molecule has 0 aromatic heterocycles. The molecule has 0 aliphatic carbocycles. The van der Waals surface area contributed by atoms with Gasteiger partial charge >= 0.3 is 0 Å². The van der Waals surface area contributed by atoms with Gasteiger partial charge in [0.1, 0.15) is 5.75 Å². The van der Waals surface area contributed by atoms with Crippen LogP contribution in [-0.4, -0.2) is 13.0 Å². The summed E-state index contributed by atoms with van der Waals surface area (Å²) in [6.07, 6.45) is 0.702. The molecule has 132 valence electrons. The molecule has 1 atom stereocenters. The van der Waals surface area contributed by atoms with Crippen LogP contribution in [-0.2, 0) is 12.0 Å². The molecule has 3 aromatic carbocycles. The Hall–Kier alpha value is -3.07. The predicted octanol–water partition coefficient (Wildman–Crippen LogP) is 4.58. The third-order valence-electron chi connectivity index (χ3n) is 4.53. The van der Waals surface area contributed by atoms with Gasteiger partial charge < -0.3 is 10.1 Å². The van der Waals surface area contributed by atoms with E-state index in [9.17, 15) is 4.79 Å². The van der Waals surface area contributed by atoms with Gasteiger partial charge in [0.15, 0.2) is 0 Å². The van der Waals surface area contributed by atoms with Crippen LogP contribution in [0.25, 0.3) is 0 Å². The molecule has 0 aliphatic heterocycles. The number of carbonyl (C=O) groups is 1. The van der Waals surface area contributed by atoms with Crippen LogP contribution in [0.4, 0.5) is 0 Å². The van der Waals surface area contributed by atoms with E-state index in [4.69, 9.17) is 4.74 Å². The molecule has 3 aromatic rings. The number of benzene rings is 3. The molecule has 3 heteroatoms. The van der Waals surface area contributed by atoms with Crippen LogP contribution >= 0.6 is 0 Å². The lowest BCUT2D eigenvalue weighted by molar-refractivity contribution is 0.0904. The van der Waals surface area contributed by atoms with Crippen LogP contribution < -0.4 is 10.1 Å². The minimum absolute atomic E-state index is 0.119. The first kappa shape index (κ1) is 17.7. The molecule has 0 bridgehead atoms. The van der Waals surface area contributed by atoms with Gasteiger partial charge in [-0.3, -0.25) is 4.79 Å². The molecule has 0 saturated carbocycles. The fourth-order valence-corrected chi connectivity index (χ4v) is 3.12. The highest BCUT2D eigenvalue weighted by atomic mass is 16.5. The second-order valence-corrected chi connectivity index (χ2v) is 6.55. The highest BCUT2D eigenvalue weighted by molar-refractivity contribution is 5.95. The van der Waals surface area contributed by atoms with Crippen LogP contribution in [0.3, 0.4) is 0 Å². The lowest BCUT2D eigenvalue weighted by Crippen LogP contribution is -2.45. The monoisotopic (exact) mass is 345 g/mol. The maximum absolute atomic E-state index is 12.9. The van der Waals surface area contributed by atoms with Gasteiger partial charge in [0.25, 0.3) is 5.91 Å². The number of hydrogen-bond donors (Lipinski definition) is 1. The molecule has 26 heavy (non-hydrogen) atoms. The quantitative estimate of drug-likeness (QED) is 0.710. The molecule has 1 amide bonds. The van der Waals surface area contributed by atoms with E-state index in [1.807, 2.05) is 48.5 Å². The summed E-state index contributed by atoms with van der Waals surface area (Å²) >= 11 is 0. The average Bonchev–Trinajstić information content (AvgIpc) is 2.69. The molecule has 0 saturated heterocycles. The first-order valence-electron chi connectivity index (χ1n) is 8.67. The zero-order chi connectivity index (χ0) is 18.4. The van der Waals surface area contributed by atoms with E-state index < -0.39 is 5.54 Å². The SMILES string of the molecule is COc1cccc(C(=O)NC(C)(Cc2ccccc2)c2ccccc2)c1. The van der Waals surface area contributed by atoms with Gasteiger partial charge in [0.05, 0.1) is 12.6 Å². The minimum Gasteiger partial charge on any atom is -0.497 e. The van der Waals surface area contributed by atoms with Crippen molar-refractivity contribution >= 4 is 5.91 Å². The lowest BCUT2D eigenvalue weighted by atomic mass is 9.85. The first-order valence-corrected chi connectivity index (χ1v) is 8.67. The normalized spacial score (nSPS) is 12.8. The van der Waals surface area contributed by atoms with Crippen molar-refractivity contribution < 1.29 is 9.53 Å². The van der Waals surface area contributed by atoms with Gasteiger partial charge in [-0.25, -0.2) is 0 Å². The average molecular weight is 345 g/mol. The van der Waals surface area contributed by atoms with Crippen molar-refractivity contribution in [2.45, 2.75) is 18.9 Å². The third-order valence-corrected chi connectivity index (χ3v) is 4.53. The second-order valence-electron chi connectivity index (χ2n) is 6.55. The minimum atomic E-state index is -0.525. The zero-order valence-electron chi connectivity index (χ0n) is 15.1. The Balaban J connectivity index is 1.91. The number of rotatable bonds is 6. The molecule has 0 radical (unpaired) electrons. The summed E-state index contributed by atoms with van der Waals surface area (Å²) in [5.74, 6) is 0.549. The van der Waals surface area contributed by atoms with Crippen molar-refractivity contribution in [3.8, 4) is 5.75 Å². The summed E-state index contributed by atoms with van der Waals surface area (Å²) in [4.78, 5) is 12.9. The predicted molar refractivity (Wildman–Crippen MR) is 104 cm³/mol. The number of methoxy groups -OCH3 is 1. The van der Waals surface area contributed by atoms with Crippen molar-refractivity contribution in [3.05, 3.63) is 102 Å². The van der Waals surface area contributed by atoms with Gasteiger partial charge in [-0.2, -0.15) is 0 Å². The number of carbonyl (C=O) groups excluding carboxylic acids is 1. The topological polar surface area (TPSA) is 38.3 Å². The molecule has 0 fully saturated rings. The molecule has 3 rings (SSSR count). The van der Waals surface area contributed by atoms with E-state index in [2.05, 4.69) is 36.5 Å². The largest absolute Gasteiger partial charge is 0.497 e. The summed E-state index contributed by atoms with van der Waals surface area (Å²) in [6, 6.07) is 27.5. The Bertz CT molecular complexity index is 862. The maximum atomic E-state index is 12.9. The highest BCUT2D eigenvalue weighted by Gasteiger charge is 2.29. The van der Waals surface area contributed by atoms with Gasteiger partial charge in [-0.15, -0.1) is 0 Å². The van der Waals surface area contributed by atoms with Crippen LogP contribution in [0.5, 0.6) is 5.75 Å². The summed E-state index contributed by atoms with van der Waals surface area (Å²) in [7, 11) is 1.60. The lowest BCUT2D eigenvalue weighted by Gasteiger charge is -2.32. The van der Waals surface area contributed by atoms with Gasteiger partial charge in [0, 0.05) is 5.56 Å². The van der Waals surface area contributed by atoms with Crippen LogP contribution in [0.1, 0.15) is 28.4 Å². The van der Waals surface area contributed by atoms with Crippen molar-refractivity contribution in [2.24, 2.45) is 0 Å². The van der Waals surface area contributed by atoms with E-state index in [0.717, 1.165) is 5.56 Å². The van der Waals surface area contributed by atoms with Crippen molar-refractivity contribution in [1.29, 1.82) is 0 Å². The molecule has 1 N–H and O–H groups in total. The fraction of sp³-hybridized carbons (Fsp3) is 0.174. The van der Waals surface area contributed by atoms with E-state index in [-0.39, 0.29) is 5.91 Å². The number of hydrogen-bond acceptors (Lipinski definition) is 2. The van der Waals surface area contributed by atoms with Crippen LogP contribution in [0, 0.1) is 0 Å². The fourth-order valence-electron chi connectivity index (χ4n) is 3.12. The third kappa shape index (κ3) is 4.12. The standard InChI is InChI=1S/C23H23NO2/c1-23(20-13-7-4-8-14-20,17-18-10-5-3-6-11-18)24-22(25)19-12-9-15-21(16-19)26-2/h3-16H,17H2,1-2H3,(H,24,25). The second kappa shape index (κ2) is 7.87. The van der Waals surface area contributed by atoms with Gasteiger partial charge in [-0.1, -0.05) is 66.7 Å². The number of amides is 1. The number of ether oxygens (including phenoxy) is 1. The summed E-state index contributed by atoms with van der Waals surface area (Å²) in [6.45, 7) is 2.06. The van der Waals surface area contributed by atoms with Crippen molar-refractivity contribution in [2.75, 3.05) is 7.11 Å². The summed E-state index contributed by atoms with van der Waals surface area (Å²) in [5.41, 5.74) is 2.30. The Labute approximate surface area is 154 Å². The molecule has 3 nitrogen and oxygen atoms in total. The van der Waals surface area contributed by atoms with E-state index >= 15 is 0 Å². The van der Waals surface area contributed by atoms with Crippen molar-refractivity contribution in [3.63, 3.8) is 0 Å². The molecular formula is C23H23NO2. The van der Waals surface area contributed by atoms with E-state index in [1.165, 1.54) is 5.56 Å². The van der Waals surface area contributed by atoms with E-state index in [0.29, 0.717) is 17.7 Å². The Morgan fingerprint density at radius 3 is 2.23 bits per heavy atom. The van der Waals surface area contributed by atoms with E-state index in [1.54, 1.807) is 19.2 Å². The Morgan fingerprint density at radius 2 is 1.58 bits per heavy atom. The molecule has 0 aliphatic rings. The zero-order valence-corrected chi connectivity index (χ0v) is 15.1. The summed E-state index contributed by atoms with van der Waals surface area (Å²) in [5, 5.41) is 3.23. The van der Waals surface area contributed by atoms with Crippen molar-refractivity contribution in [1.82, 2.24) is 5.32 Å². The molecule has 0 heterocycles. The summed E-state index contributed by atoms with van der Waals surface area (Å²) < 4.78 is 5.24. The van der Waals surface area contributed by atoms with Crippen LogP contribution in [0.2, 0.25) is 0 Å². The molecule has 0 spiro atoms. The highest BCUT2D eigenvalue weighted by Crippen LogP contribution is 2.26. The smallest absolute Gasteiger partial charge is 0.252 e. The number of nitrogens with one attached hydrogen (secondary N) is 1. The molecular weight excluding hydrogens is 322 g/mol. The molecule has 1 unspecified atom stereocenters. The Morgan fingerprint density at radius 1 is 0.923 bits per heavy atom. The Kier molecular flexibility index (Phi) is 5.37. The van der Waals surface area contributed by atoms with Gasteiger partial charge in [0.2, 0.25) is 0 Å².